The zero-order valence-electron chi connectivity index (χ0n) is 13.5. The molecule has 0 bridgehead atoms. The normalized spacial score (nSPS) is 13.4. The number of hydrogen-bond acceptors (Lipinski definition) is 7. The molecule has 0 amide bonds. The Balaban J connectivity index is 1.39. The van der Waals surface area contributed by atoms with E-state index in [1.807, 2.05) is 22.6 Å². The Bertz CT molecular complexity index is 1140. The first-order valence-electron chi connectivity index (χ1n) is 8.08. The lowest BCUT2D eigenvalue weighted by molar-refractivity contribution is 0.102. The van der Waals surface area contributed by atoms with Gasteiger partial charge in [-0.15, -0.1) is 10.2 Å². The van der Waals surface area contributed by atoms with Crippen molar-refractivity contribution in [3.8, 4) is 11.5 Å². The van der Waals surface area contributed by atoms with E-state index in [1.54, 1.807) is 29.5 Å². The molecule has 130 valence electrons. The van der Waals surface area contributed by atoms with Crippen LogP contribution >= 0.6 is 23.1 Å². The zero-order chi connectivity index (χ0) is 17.5. The van der Waals surface area contributed by atoms with Crippen molar-refractivity contribution in [2.24, 2.45) is 0 Å². The number of rotatable bonds is 4. The molecule has 6 nitrogen and oxygen atoms in total. The summed E-state index contributed by atoms with van der Waals surface area (Å²) in [6.45, 7) is 1.04. The highest BCUT2D eigenvalue weighted by atomic mass is 32.2. The van der Waals surface area contributed by atoms with Crippen molar-refractivity contribution in [2.45, 2.75) is 5.16 Å². The number of para-hydroxylation sites is 1. The summed E-state index contributed by atoms with van der Waals surface area (Å²) in [6, 6.07) is 13.4. The van der Waals surface area contributed by atoms with Crippen molar-refractivity contribution < 1.29 is 14.3 Å². The van der Waals surface area contributed by atoms with Crippen LogP contribution in [0.15, 0.2) is 47.6 Å². The lowest BCUT2D eigenvalue weighted by Crippen LogP contribution is -2.16. The summed E-state index contributed by atoms with van der Waals surface area (Å²) in [5, 5.41) is 9.18. The van der Waals surface area contributed by atoms with Crippen LogP contribution < -0.4 is 9.47 Å². The van der Waals surface area contributed by atoms with Gasteiger partial charge in [0.15, 0.2) is 22.4 Å². The number of aromatic nitrogens is 3. The fourth-order valence-electron chi connectivity index (χ4n) is 2.88. The molecule has 8 heteroatoms. The van der Waals surface area contributed by atoms with Gasteiger partial charge in [0, 0.05) is 5.56 Å². The maximum absolute atomic E-state index is 12.6. The van der Waals surface area contributed by atoms with Crippen LogP contribution in [0.1, 0.15) is 10.4 Å². The maximum atomic E-state index is 12.6. The number of ether oxygens (including phenoxy) is 2. The van der Waals surface area contributed by atoms with E-state index in [-0.39, 0.29) is 11.5 Å². The molecule has 0 atom stereocenters. The molecular formula is C18H13N3O3S2. The fraction of sp³-hybridized carbons (Fsp3) is 0.167. The molecule has 1 aliphatic heterocycles. The number of fused-ring (bicyclic) bond motifs is 4. The molecule has 3 heterocycles. The van der Waals surface area contributed by atoms with E-state index >= 15 is 0 Å². The number of ketones is 1. The first-order valence-corrected chi connectivity index (χ1v) is 9.88. The van der Waals surface area contributed by atoms with Crippen molar-refractivity contribution in [2.75, 3.05) is 19.0 Å². The molecule has 0 saturated heterocycles. The molecule has 0 radical (unpaired) electrons. The van der Waals surface area contributed by atoms with Crippen LogP contribution in [0.4, 0.5) is 0 Å². The number of nitrogens with zero attached hydrogens (tertiary/aromatic N) is 3. The number of thiazole rings is 1. The molecule has 0 fully saturated rings. The van der Waals surface area contributed by atoms with Gasteiger partial charge in [0.05, 0.1) is 16.0 Å². The summed E-state index contributed by atoms with van der Waals surface area (Å²) in [5.41, 5.74) is 1.67. The van der Waals surface area contributed by atoms with Gasteiger partial charge in [0.25, 0.3) is 0 Å². The van der Waals surface area contributed by atoms with E-state index in [0.717, 1.165) is 20.3 Å². The van der Waals surface area contributed by atoms with Gasteiger partial charge in [-0.3, -0.25) is 9.20 Å². The number of carbonyl (C=O) groups excluding carboxylic acids is 1. The van der Waals surface area contributed by atoms with Gasteiger partial charge >= 0.3 is 0 Å². The highest BCUT2D eigenvalue weighted by Gasteiger charge is 2.17. The third-order valence-electron chi connectivity index (χ3n) is 4.11. The highest BCUT2D eigenvalue weighted by molar-refractivity contribution is 7.99. The third-order valence-corrected chi connectivity index (χ3v) is 6.05. The molecule has 0 aliphatic carbocycles. The van der Waals surface area contributed by atoms with Crippen LogP contribution in [0.5, 0.6) is 11.5 Å². The molecule has 0 saturated carbocycles. The number of hydrogen-bond donors (Lipinski definition) is 0. The first-order chi connectivity index (χ1) is 12.8. The second-order valence-corrected chi connectivity index (χ2v) is 7.69. The Kier molecular flexibility index (Phi) is 3.79. The lowest BCUT2D eigenvalue weighted by atomic mass is 10.1. The van der Waals surface area contributed by atoms with Gasteiger partial charge < -0.3 is 9.47 Å². The molecule has 26 heavy (non-hydrogen) atoms. The average molecular weight is 383 g/mol. The summed E-state index contributed by atoms with van der Waals surface area (Å²) < 4.78 is 14.2. The van der Waals surface area contributed by atoms with Crippen LogP contribution in [-0.2, 0) is 0 Å². The van der Waals surface area contributed by atoms with Crippen molar-refractivity contribution >= 4 is 44.1 Å². The fourth-order valence-corrected chi connectivity index (χ4v) is 4.74. The molecule has 0 N–H and O–H groups in total. The van der Waals surface area contributed by atoms with Gasteiger partial charge in [-0.2, -0.15) is 0 Å². The number of benzene rings is 2. The summed E-state index contributed by atoms with van der Waals surface area (Å²) in [5.74, 6) is 1.61. The van der Waals surface area contributed by atoms with E-state index in [1.165, 1.54) is 11.8 Å². The molecular weight excluding hydrogens is 370 g/mol. The molecule has 1 aliphatic rings. The van der Waals surface area contributed by atoms with Gasteiger partial charge in [0.1, 0.15) is 13.2 Å². The highest BCUT2D eigenvalue weighted by Crippen LogP contribution is 2.32. The maximum Gasteiger partial charge on any atom is 0.217 e. The van der Waals surface area contributed by atoms with Crippen LogP contribution in [-0.4, -0.2) is 39.3 Å². The van der Waals surface area contributed by atoms with Gasteiger partial charge in [-0.1, -0.05) is 35.2 Å². The first kappa shape index (κ1) is 15.7. The van der Waals surface area contributed by atoms with Gasteiger partial charge in [0.2, 0.25) is 4.96 Å². The van der Waals surface area contributed by atoms with Crippen molar-refractivity contribution in [3.05, 3.63) is 48.0 Å². The minimum Gasteiger partial charge on any atom is -0.486 e. The number of Topliss-reactive ketones (excluding diaryl/α,β-unsaturated/α-hetero) is 1. The summed E-state index contributed by atoms with van der Waals surface area (Å²) in [6.07, 6.45) is 0. The van der Waals surface area contributed by atoms with E-state index in [4.69, 9.17) is 9.47 Å². The lowest BCUT2D eigenvalue weighted by Gasteiger charge is -2.18. The Hall–Kier alpha value is -2.58. The minimum atomic E-state index is 0.0169. The molecule has 4 aromatic rings. The Morgan fingerprint density at radius 1 is 1.12 bits per heavy atom. The van der Waals surface area contributed by atoms with E-state index < -0.39 is 0 Å². The number of carbonyl (C=O) groups is 1. The van der Waals surface area contributed by atoms with Crippen LogP contribution in [0, 0.1) is 0 Å². The standard InChI is InChI=1S/C18H13N3O3S2/c22-13(11-5-6-14-15(9-11)24-8-7-23-14)10-25-17-19-20-18-21(17)12-3-1-2-4-16(12)26-18/h1-6,9H,7-8,10H2. The van der Waals surface area contributed by atoms with Gasteiger partial charge in [-0.05, 0) is 30.3 Å². The van der Waals surface area contributed by atoms with Crippen LogP contribution in [0.3, 0.4) is 0 Å². The molecule has 2 aromatic carbocycles. The largest absolute Gasteiger partial charge is 0.486 e. The second-order valence-electron chi connectivity index (χ2n) is 5.74. The monoisotopic (exact) mass is 383 g/mol. The predicted octanol–water partition coefficient (Wildman–Crippen LogP) is 3.69. The average Bonchev–Trinajstić information content (AvgIpc) is 3.25. The minimum absolute atomic E-state index is 0.0169. The quantitative estimate of drug-likeness (QED) is 0.396. The number of thioether (sulfide) groups is 1. The smallest absolute Gasteiger partial charge is 0.217 e. The van der Waals surface area contributed by atoms with Crippen LogP contribution in [0.25, 0.3) is 15.2 Å². The summed E-state index contributed by atoms with van der Waals surface area (Å²) in [4.78, 5) is 13.4. The molecule has 0 unspecified atom stereocenters. The van der Waals surface area contributed by atoms with E-state index in [2.05, 4.69) is 16.3 Å². The molecule has 0 spiro atoms. The predicted molar refractivity (Wildman–Crippen MR) is 101 cm³/mol. The molecule has 5 rings (SSSR count). The topological polar surface area (TPSA) is 65.7 Å². The van der Waals surface area contributed by atoms with Crippen molar-refractivity contribution in [1.82, 2.24) is 14.6 Å². The molecule has 2 aromatic heterocycles. The summed E-state index contributed by atoms with van der Waals surface area (Å²) >= 11 is 2.98. The van der Waals surface area contributed by atoms with Crippen LogP contribution in [0.2, 0.25) is 0 Å². The Morgan fingerprint density at radius 2 is 1.96 bits per heavy atom. The Morgan fingerprint density at radius 3 is 2.88 bits per heavy atom. The van der Waals surface area contributed by atoms with Crippen molar-refractivity contribution in [3.63, 3.8) is 0 Å². The SMILES string of the molecule is O=C(CSc1nnc2sc3ccccc3n12)c1ccc2c(c1)OCCO2. The van der Waals surface area contributed by atoms with Gasteiger partial charge in [-0.25, -0.2) is 0 Å². The third kappa shape index (κ3) is 2.62. The van der Waals surface area contributed by atoms with E-state index in [0.29, 0.717) is 30.3 Å². The second kappa shape index (κ2) is 6.30. The van der Waals surface area contributed by atoms with E-state index in [9.17, 15) is 4.79 Å². The zero-order valence-corrected chi connectivity index (χ0v) is 15.2. The Labute approximate surface area is 156 Å². The van der Waals surface area contributed by atoms with Crippen molar-refractivity contribution in [1.29, 1.82) is 0 Å². The summed E-state index contributed by atoms with van der Waals surface area (Å²) in [7, 11) is 0.